The average molecular weight is 255 g/mol. The van der Waals surface area contributed by atoms with Gasteiger partial charge < -0.3 is 4.57 Å². The predicted octanol–water partition coefficient (Wildman–Crippen LogP) is 3.94. The van der Waals surface area contributed by atoms with Crippen LogP contribution in [0.2, 0.25) is 5.02 Å². The van der Waals surface area contributed by atoms with Gasteiger partial charge in [0.05, 0.1) is 21.9 Å². The minimum absolute atomic E-state index is 0.171. The maximum atomic E-state index is 6.26. The number of para-hydroxylation sites is 1. The van der Waals surface area contributed by atoms with E-state index < -0.39 is 0 Å². The van der Waals surface area contributed by atoms with Gasteiger partial charge in [0.15, 0.2) is 0 Å². The second-order valence-electron chi connectivity index (χ2n) is 4.60. The Labute approximate surface area is 104 Å². The molecule has 2 nitrogen and oxygen atoms in total. The van der Waals surface area contributed by atoms with Crippen LogP contribution < -0.4 is 0 Å². The van der Waals surface area contributed by atoms with E-state index in [0.717, 1.165) is 21.9 Å². The van der Waals surface area contributed by atoms with Crippen molar-refractivity contribution < 1.29 is 0 Å². The van der Waals surface area contributed by atoms with Crippen LogP contribution in [0, 0.1) is 0 Å². The first kappa shape index (κ1) is 10.4. The van der Waals surface area contributed by atoms with Crippen LogP contribution in [0.4, 0.5) is 0 Å². The van der Waals surface area contributed by atoms with E-state index in [1.165, 1.54) is 12.8 Å². The van der Waals surface area contributed by atoms with Crippen LogP contribution >= 0.6 is 23.2 Å². The lowest BCUT2D eigenvalue weighted by atomic mass is 10.2. The van der Waals surface area contributed by atoms with Crippen molar-refractivity contribution in [3.05, 3.63) is 29.0 Å². The third-order valence-electron chi connectivity index (χ3n) is 3.33. The molecule has 0 atom stereocenters. The number of fused-ring (bicyclic) bond motifs is 1. The van der Waals surface area contributed by atoms with E-state index in [0.29, 0.717) is 5.88 Å². The molecule has 0 spiro atoms. The van der Waals surface area contributed by atoms with Gasteiger partial charge in [0.1, 0.15) is 5.82 Å². The molecule has 0 aliphatic heterocycles. The number of hydrogen-bond acceptors (Lipinski definition) is 1. The molecule has 4 heteroatoms. The number of aromatic nitrogens is 2. The molecule has 1 aromatic carbocycles. The summed E-state index contributed by atoms with van der Waals surface area (Å²) in [6.07, 6.45) is 2.35. The largest absolute Gasteiger partial charge is 0.320 e. The van der Waals surface area contributed by atoms with Gasteiger partial charge in [-0.2, -0.15) is 0 Å². The molecule has 0 bridgehead atoms. The Balaban J connectivity index is 2.38. The Kier molecular flexibility index (Phi) is 2.20. The van der Waals surface area contributed by atoms with Crippen molar-refractivity contribution in [2.24, 2.45) is 0 Å². The zero-order chi connectivity index (χ0) is 11.3. The molecule has 1 saturated carbocycles. The molecule has 2 aromatic rings. The molecule has 84 valence electrons. The highest BCUT2D eigenvalue weighted by Gasteiger charge is 2.42. The monoisotopic (exact) mass is 254 g/mol. The molecular weight excluding hydrogens is 243 g/mol. The van der Waals surface area contributed by atoms with Crippen molar-refractivity contribution in [1.29, 1.82) is 0 Å². The summed E-state index contributed by atoms with van der Waals surface area (Å²) in [6.45, 7) is 2.23. The van der Waals surface area contributed by atoms with Crippen LogP contribution in [0.3, 0.4) is 0 Å². The third kappa shape index (κ3) is 1.36. The first-order valence-electron chi connectivity index (χ1n) is 5.38. The lowest BCUT2D eigenvalue weighted by Crippen LogP contribution is -2.15. The first-order chi connectivity index (χ1) is 7.65. The zero-order valence-electron chi connectivity index (χ0n) is 9.00. The summed E-state index contributed by atoms with van der Waals surface area (Å²) in [5, 5.41) is 0.759. The number of halogens is 2. The minimum atomic E-state index is 0.171. The fourth-order valence-corrected chi connectivity index (χ4v) is 2.64. The molecule has 3 rings (SSSR count). The molecule has 1 aliphatic rings. The molecule has 0 radical (unpaired) electrons. The Morgan fingerprint density at radius 3 is 2.81 bits per heavy atom. The van der Waals surface area contributed by atoms with Gasteiger partial charge in [-0.05, 0) is 31.9 Å². The van der Waals surface area contributed by atoms with Crippen LogP contribution in [-0.4, -0.2) is 9.55 Å². The van der Waals surface area contributed by atoms with Crippen molar-refractivity contribution in [2.75, 3.05) is 0 Å². The molecule has 0 unspecified atom stereocenters. The number of benzene rings is 1. The van der Waals surface area contributed by atoms with Crippen LogP contribution in [0.5, 0.6) is 0 Å². The molecule has 16 heavy (non-hydrogen) atoms. The summed E-state index contributed by atoms with van der Waals surface area (Å²) in [7, 11) is 0. The van der Waals surface area contributed by atoms with Gasteiger partial charge in [0.25, 0.3) is 0 Å². The van der Waals surface area contributed by atoms with Gasteiger partial charge in [0, 0.05) is 5.54 Å². The lowest BCUT2D eigenvalue weighted by Gasteiger charge is -2.15. The van der Waals surface area contributed by atoms with Gasteiger partial charge in [0.2, 0.25) is 0 Å². The van der Waals surface area contributed by atoms with Crippen molar-refractivity contribution in [3.8, 4) is 0 Å². The molecule has 0 N–H and O–H groups in total. The maximum absolute atomic E-state index is 6.26. The highest BCUT2D eigenvalue weighted by Crippen LogP contribution is 2.46. The van der Waals surface area contributed by atoms with Gasteiger partial charge in [-0.1, -0.05) is 17.7 Å². The van der Waals surface area contributed by atoms with Crippen LogP contribution in [0.15, 0.2) is 18.2 Å². The lowest BCUT2D eigenvalue weighted by molar-refractivity contribution is 0.531. The van der Waals surface area contributed by atoms with Crippen LogP contribution in [0.25, 0.3) is 11.0 Å². The summed E-state index contributed by atoms with van der Waals surface area (Å²) in [5.41, 5.74) is 2.14. The van der Waals surface area contributed by atoms with Crippen molar-refractivity contribution >= 4 is 34.2 Å². The van der Waals surface area contributed by atoms with Crippen molar-refractivity contribution in [2.45, 2.75) is 31.2 Å². The van der Waals surface area contributed by atoms with Crippen molar-refractivity contribution in [3.63, 3.8) is 0 Å². The number of imidazole rings is 1. The number of hydrogen-bond donors (Lipinski definition) is 0. The topological polar surface area (TPSA) is 17.8 Å². The Morgan fingerprint density at radius 1 is 1.44 bits per heavy atom. The summed E-state index contributed by atoms with van der Waals surface area (Å²) in [6, 6.07) is 5.82. The molecule has 1 aromatic heterocycles. The Morgan fingerprint density at radius 2 is 2.19 bits per heavy atom. The van der Waals surface area contributed by atoms with Gasteiger partial charge in [-0.25, -0.2) is 4.98 Å². The third-order valence-corrected chi connectivity index (χ3v) is 3.87. The van der Waals surface area contributed by atoms with Gasteiger partial charge in [-0.3, -0.25) is 0 Å². The second kappa shape index (κ2) is 3.38. The quantitative estimate of drug-likeness (QED) is 0.743. The maximum Gasteiger partial charge on any atom is 0.125 e. The molecule has 1 aliphatic carbocycles. The summed E-state index contributed by atoms with van der Waals surface area (Å²) >= 11 is 12.2. The Hall–Kier alpha value is -0.730. The van der Waals surface area contributed by atoms with E-state index in [2.05, 4.69) is 16.5 Å². The van der Waals surface area contributed by atoms with Crippen molar-refractivity contribution in [1.82, 2.24) is 9.55 Å². The zero-order valence-corrected chi connectivity index (χ0v) is 10.5. The second-order valence-corrected chi connectivity index (χ2v) is 5.28. The van der Waals surface area contributed by atoms with E-state index in [1.807, 2.05) is 18.2 Å². The first-order valence-corrected chi connectivity index (χ1v) is 6.29. The molecule has 1 heterocycles. The van der Waals surface area contributed by atoms with Gasteiger partial charge in [-0.15, -0.1) is 11.6 Å². The molecular formula is C12H12Cl2N2. The Bertz CT molecular complexity index is 555. The van der Waals surface area contributed by atoms with Gasteiger partial charge >= 0.3 is 0 Å². The summed E-state index contributed by atoms with van der Waals surface area (Å²) in [5.74, 6) is 1.35. The van der Waals surface area contributed by atoms with E-state index in [-0.39, 0.29) is 5.54 Å². The fourth-order valence-electron chi connectivity index (χ4n) is 2.21. The predicted molar refractivity (Wildman–Crippen MR) is 67.2 cm³/mol. The fraction of sp³-hybridized carbons (Fsp3) is 0.417. The number of alkyl halides is 1. The number of rotatable bonds is 2. The van der Waals surface area contributed by atoms with Crippen LogP contribution in [0.1, 0.15) is 25.6 Å². The van der Waals surface area contributed by atoms with E-state index >= 15 is 0 Å². The van der Waals surface area contributed by atoms with E-state index in [1.54, 1.807) is 0 Å². The van der Waals surface area contributed by atoms with Crippen LogP contribution in [-0.2, 0) is 11.4 Å². The van der Waals surface area contributed by atoms with E-state index in [9.17, 15) is 0 Å². The highest BCUT2D eigenvalue weighted by molar-refractivity contribution is 6.35. The normalized spacial score (nSPS) is 17.9. The highest BCUT2D eigenvalue weighted by atomic mass is 35.5. The summed E-state index contributed by atoms with van der Waals surface area (Å²) in [4.78, 5) is 4.55. The minimum Gasteiger partial charge on any atom is -0.320 e. The molecule has 0 amide bonds. The average Bonchev–Trinajstić information content (AvgIpc) is 2.88. The smallest absolute Gasteiger partial charge is 0.125 e. The van der Waals surface area contributed by atoms with E-state index in [4.69, 9.17) is 23.2 Å². The summed E-state index contributed by atoms with van der Waals surface area (Å²) < 4.78 is 2.22. The molecule has 0 saturated heterocycles. The standard InChI is InChI=1S/C12H12Cl2N2/c1-12(5-6-12)16-10(7-13)15-9-4-2-3-8(14)11(9)16/h2-4H,5-7H2,1H3. The number of nitrogens with zero attached hydrogens (tertiary/aromatic N) is 2. The molecule has 1 fully saturated rings. The SMILES string of the molecule is CC1(n2c(CCl)nc3cccc(Cl)c32)CC1.